The SMILES string of the molecule is CC1(C)CCC(C)(C)c2cc(N(c3ccccc3)c3cc4c(cc3-c3ccc(-c5ccc6c(c5)CCCC6)cc3)-c3ccccc3C4(c3ccccc3)c3ccccc3)ccc21. The van der Waals surface area contributed by atoms with Gasteiger partial charge in [-0.1, -0.05) is 179 Å². The predicted molar refractivity (Wildman–Crippen MR) is 261 cm³/mol. The van der Waals surface area contributed by atoms with Crippen LogP contribution in [0, 0.1) is 0 Å². The van der Waals surface area contributed by atoms with E-state index >= 15 is 0 Å². The summed E-state index contributed by atoms with van der Waals surface area (Å²) in [7, 11) is 0. The van der Waals surface area contributed by atoms with Crippen LogP contribution in [0.25, 0.3) is 33.4 Å². The van der Waals surface area contributed by atoms with Crippen LogP contribution < -0.4 is 4.90 Å². The minimum absolute atomic E-state index is 0.0634. The summed E-state index contributed by atoms with van der Waals surface area (Å²) >= 11 is 0. The van der Waals surface area contributed by atoms with Crippen LogP contribution in [0.15, 0.2) is 188 Å². The number of nitrogens with zero attached hydrogens (tertiary/aromatic N) is 1. The quantitative estimate of drug-likeness (QED) is 0.155. The topological polar surface area (TPSA) is 3.24 Å². The van der Waals surface area contributed by atoms with Crippen LogP contribution in [-0.2, 0) is 29.1 Å². The van der Waals surface area contributed by atoms with Crippen molar-refractivity contribution in [3.8, 4) is 33.4 Å². The number of anilines is 3. The maximum atomic E-state index is 2.56. The van der Waals surface area contributed by atoms with E-state index in [1.807, 2.05) is 0 Å². The molecule has 0 aliphatic heterocycles. The fourth-order valence-electron chi connectivity index (χ4n) is 11.4. The van der Waals surface area contributed by atoms with Gasteiger partial charge >= 0.3 is 0 Å². The van der Waals surface area contributed by atoms with Crippen molar-refractivity contribution in [2.45, 2.75) is 82.5 Å². The highest BCUT2D eigenvalue weighted by molar-refractivity contribution is 5.97. The zero-order valence-electron chi connectivity index (χ0n) is 36.6. The predicted octanol–water partition coefficient (Wildman–Crippen LogP) is 16.1. The van der Waals surface area contributed by atoms with Gasteiger partial charge in [0, 0.05) is 16.9 Å². The molecule has 0 saturated carbocycles. The summed E-state index contributed by atoms with van der Waals surface area (Å²) in [5, 5.41) is 0. The molecule has 3 aliphatic rings. The van der Waals surface area contributed by atoms with Gasteiger partial charge in [-0.05, 0) is 158 Å². The van der Waals surface area contributed by atoms with Crippen LogP contribution in [0.5, 0.6) is 0 Å². The monoisotopic (exact) mass is 801 g/mol. The Bertz CT molecular complexity index is 2900. The average molecular weight is 802 g/mol. The van der Waals surface area contributed by atoms with Crippen molar-refractivity contribution in [3.05, 3.63) is 233 Å². The third-order valence-corrected chi connectivity index (χ3v) is 14.8. The molecule has 0 heterocycles. The van der Waals surface area contributed by atoms with E-state index in [2.05, 4.69) is 221 Å². The van der Waals surface area contributed by atoms with E-state index in [9.17, 15) is 0 Å². The Morgan fingerprint density at radius 2 is 0.952 bits per heavy atom. The molecule has 8 aromatic rings. The molecular formula is C61H55N. The number of para-hydroxylation sites is 1. The molecule has 11 rings (SSSR count). The maximum Gasteiger partial charge on any atom is 0.0714 e. The number of aryl methyl sites for hydroxylation is 2. The van der Waals surface area contributed by atoms with Crippen LogP contribution in [0.4, 0.5) is 17.1 Å². The number of benzene rings is 8. The maximum absolute atomic E-state index is 2.56. The second-order valence-corrected chi connectivity index (χ2v) is 19.4. The first kappa shape index (κ1) is 38.5. The molecule has 62 heavy (non-hydrogen) atoms. The molecule has 0 N–H and O–H groups in total. The zero-order valence-corrected chi connectivity index (χ0v) is 36.6. The van der Waals surface area contributed by atoms with E-state index in [0.717, 1.165) is 12.1 Å². The first-order valence-corrected chi connectivity index (χ1v) is 22.8. The summed E-state index contributed by atoms with van der Waals surface area (Å²) in [5.74, 6) is 0. The van der Waals surface area contributed by atoms with Gasteiger partial charge in [0.25, 0.3) is 0 Å². The lowest BCUT2D eigenvalue weighted by molar-refractivity contribution is 0.332. The molecule has 0 unspecified atom stereocenters. The molecule has 0 amide bonds. The molecule has 0 bridgehead atoms. The molecule has 1 nitrogen and oxygen atoms in total. The standard InChI is InChI=1S/C61H55N/c1-59(2)36-37-60(3,4)57-39-50(34-35-55(57)59)62(49-24-12-7-13-25-49)58-41-56-53(40-52(58)44-31-28-43(29-32-44)46-33-30-42-18-14-15-19-45(42)38-46)51-26-16-17-27-54(51)61(56,47-20-8-5-9-21-47)48-22-10-6-11-23-48/h5-13,16-17,20-35,38-41H,14-15,18-19,36-37H2,1-4H3. The van der Waals surface area contributed by atoms with Crippen molar-refractivity contribution in [1.82, 2.24) is 0 Å². The first-order valence-electron chi connectivity index (χ1n) is 22.8. The molecule has 0 saturated heterocycles. The van der Waals surface area contributed by atoms with Gasteiger partial charge in [0.05, 0.1) is 11.1 Å². The highest BCUT2D eigenvalue weighted by Crippen LogP contribution is 2.59. The highest BCUT2D eigenvalue weighted by atomic mass is 15.1. The molecule has 0 radical (unpaired) electrons. The van der Waals surface area contributed by atoms with Crippen LogP contribution in [0.1, 0.15) is 97.9 Å². The molecule has 8 aromatic carbocycles. The van der Waals surface area contributed by atoms with Gasteiger partial charge in [-0.2, -0.15) is 0 Å². The molecule has 0 atom stereocenters. The van der Waals surface area contributed by atoms with Crippen molar-refractivity contribution in [2.75, 3.05) is 4.90 Å². The van der Waals surface area contributed by atoms with Gasteiger partial charge < -0.3 is 4.90 Å². The van der Waals surface area contributed by atoms with Gasteiger partial charge in [0.1, 0.15) is 0 Å². The first-order chi connectivity index (χ1) is 30.2. The molecule has 0 aromatic heterocycles. The van der Waals surface area contributed by atoms with Crippen LogP contribution in [0.2, 0.25) is 0 Å². The highest BCUT2D eigenvalue weighted by Gasteiger charge is 2.47. The molecule has 0 spiro atoms. The van der Waals surface area contributed by atoms with Crippen LogP contribution in [-0.4, -0.2) is 0 Å². The minimum atomic E-state index is -0.526. The van der Waals surface area contributed by atoms with E-state index < -0.39 is 5.41 Å². The lowest BCUT2D eigenvalue weighted by Crippen LogP contribution is -2.34. The van der Waals surface area contributed by atoms with Crippen molar-refractivity contribution >= 4 is 17.1 Å². The van der Waals surface area contributed by atoms with Crippen molar-refractivity contribution in [1.29, 1.82) is 0 Å². The lowest BCUT2D eigenvalue weighted by atomic mass is 9.63. The van der Waals surface area contributed by atoms with Gasteiger partial charge in [-0.15, -0.1) is 0 Å². The second-order valence-electron chi connectivity index (χ2n) is 19.4. The largest absolute Gasteiger partial charge is 0.310 e. The van der Waals surface area contributed by atoms with Gasteiger partial charge in [-0.3, -0.25) is 0 Å². The van der Waals surface area contributed by atoms with Crippen molar-refractivity contribution < 1.29 is 0 Å². The van der Waals surface area contributed by atoms with E-state index in [-0.39, 0.29) is 10.8 Å². The zero-order chi connectivity index (χ0) is 42.1. The summed E-state index contributed by atoms with van der Waals surface area (Å²) in [6, 6.07) is 71.6. The van der Waals surface area contributed by atoms with E-state index in [1.165, 1.54) is 121 Å². The summed E-state index contributed by atoms with van der Waals surface area (Å²) in [6.07, 6.45) is 7.32. The fourth-order valence-corrected chi connectivity index (χ4v) is 11.4. The Balaban J connectivity index is 1.20. The Labute approximate surface area is 368 Å². The Morgan fingerprint density at radius 1 is 0.371 bits per heavy atom. The average Bonchev–Trinajstić information content (AvgIpc) is 3.61. The fraction of sp³-hybridized carbons (Fsp3) is 0.213. The molecule has 304 valence electrons. The molecule has 1 heteroatoms. The molecular weight excluding hydrogens is 747 g/mol. The number of fused-ring (bicyclic) bond motifs is 5. The van der Waals surface area contributed by atoms with Gasteiger partial charge in [0.2, 0.25) is 0 Å². The third kappa shape index (κ3) is 6.19. The van der Waals surface area contributed by atoms with Crippen molar-refractivity contribution in [3.63, 3.8) is 0 Å². The Kier molecular flexibility index (Phi) is 9.24. The van der Waals surface area contributed by atoms with Gasteiger partial charge in [0.15, 0.2) is 0 Å². The summed E-state index contributed by atoms with van der Waals surface area (Å²) in [6.45, 7) is 9.72. The normalized spacial score (nSPS) is 16.4. The molecule has 0 fully saturated rings. The summed E-state index contributed by atoms with van der Waals surface area (Å²) < 4.78 is 0. The van der Waals surface area contributed by atoms with Crippen LogP contribution in [0.3, 0.4) is 0 Å². The third-order valence-electron chi connectivity index (χ3n) is 14.8. The lowest BCUT2D eigenvalue weighted by Gasteiger charge is -2.42. The van der Waals surface area contributed by atoms with Crippen LogP contribution >= 0.6 is 0 Å². The van der Waals surface area contributed by atoms with E-state index in [1.54, 1.807) is 0 Å². The Hall–Kier alpha value is -6.44. The summed E-state index contributed by atoms with van der Waals surface area (Å²) in [4.78, 5) is 2.55. The van der Waals surface area contributed by atoms with Crippen molar-refractivity contribution in [2.24, 2.45) is 0 Å². The number of hydrogen-bond acceptors (Lipinski definition) is 1. The van der Waals surface area contributed by atoms with E-state index in [4.69, 9.17) is 0 Å². The second kappa shape index (κ2) is 14.9. The smallest absolute Gasteiger partial charge is 0.0714 e. The molecule has 3 aliphatic carbocycles. The van der Waals surface area contributed by atoms with E-state index in [0.29, 0.717) is 0 Å². The number of hydrogen-bond donors (Lipinski definition) is 0. The Morgan fingerprint density at radius 3 is 1.65 bits per heavy atom. The summed E-state index contributed by atoms with van der Waals surface area (Å²) in [5.41, 5.74) is 21.9. The number of rotatable bonds is 7. The minimum Gasteiger partial charge on any atom is -0.310 e. The van der Waals surface area contributed by atoms with Gasteiger partial charge in [-0.25, -0.2) is 0 Å².